The second-order valence-electron chi connectivity index (χ2n) is 4.80. The normalized spacial score (nSPS) is 28.9. The molecule has 2 atom stereocenters. The number of halogens is 1. The van der Waals surface area contributed by atoms with Gasteiger partial charge in [0.25, 0.3) is 0 Å². The van der Waals surface area contributed by atoms with Crippen LogP contribution in [0.5, 0.6) is 0 Å². The average Bonchev–Trinajstić information content (AvgIpc) is 3.00. The van der Waals surface area contributed by atoms with Gasteiger partial charge in [-0.15, -0.1) is 0 Å². The molecule has 2 aliphatic rings. The largest absolute Gasteiger partial charge is 0.351 e. The minimum Gasteiger partial charge on any atom is -0.351 e. The summed E-state index contributed by atoms with van der Waals surface area (Å²) < 4.78 is 0. The molecule has 92 valence electrons. The maximum absolute atomic E-state index is 6.19. The summed E-state index contributed by atoms with van der Waals surface area (Å²) in [5.74, 6) is 0.901. The summed E-state index contributed by atoms with van der Waals surface area (Å²) in [6, 6.07) is 1.15. The van der Waals surface area contributed by atoms with Crippen molar-refractivity contribution in [1.29, 1.82) is 0 Å². The summed E-state index contributed by atoms with van der Waals surface area (Å²) in [4.78, 5) is 10.6. The van der Waals surface area contributed by atoms with Crippen molar-refractivity contribution in [1.82, 2.24) is 15.3 Å². The van der Waals surface area contributed by atoms with Gasteiger partial charge in [0.1, 0.15) is 11.3 Å². The van der Waals surface area contributed by atoms with E-state index in [1.54, 1.807) is 12.5 Å². The summed E-state index contributed by atoms with van der Waals surface area (Å²) in [5.41, 5.74) is 0. The highest BCUT2D eigenvalue weighted by molar-refractivity contribution is 6.32. The lowest BCUT2D eigenvalue weighted by Gasteiger charge is -2.30. The smallest absolute Gasteiger partial charge is 0.151 e. The Balaban J connectivity index is 1.84. The molecular weight excluding hydrogens is 236 g/mol. The SMILES string of the molecule is Clc1cncnc1N1CCCC1C1CCCN1. The van der Waals surface area contributed by atoms with Gasteiger partial charge in [-0.25, -0.2) is 9.97 Å². The average molecular weight is 253 g/mol. The van der Waals surface area contributed by atoms with E-state index in [0.29, 0.717) is 17.1 Å². The second-order valence-corrected chi connectivity index (χ2v) is 5.21. The molecule has 2 saturated heterocycles. The number of nitrogens with one attached hydrogen (secondary N) is 1. The van der Waals surface area contributed by atoms with E-state index in [0.717, 1.165) is 18.9 Å². The van der Waals surface area contributed by atoms with Gasteiger partial charge in [0, 0.05) is 18.6 Å². The number of rotatable bonds is 2. The fourth-order valence-corrected chi connectivity index (χ4v) is 3.24. The first kappa shape index (κ1) is 11.2. The zero-order chi connectivity index (χ0) is 11.7. The lowest BCUT2D eigenvalue weighted by Crippen LogP contribution is -2.44. The summed E-state index contributed by atoms with van der Waals surface area (Å²) >= 11 is 6.19. The predicted octanol–water partition coefficient (Wildman–Crippen LogP) is 1.85. The van der Waals surface area contributed by atoms with E-state index in [9.17, 15) is 0 Å². The molecule has 0 spiro atoms. The molecule has 0 aliphatic carbocycles. The fourth-order valence-electron chi connectivity index (χ4n) is 3.03. The van der Waals surface area contributed by atoms with Crippen molar-refractivity contribution in [3.05, 3.63) is 17.5 Å². The van der Waals surface area contributed by atoms with Gasteiger partial charge in [-0.05, 0) is 32.2 Å². The highest BCUT2D eigenvalue weighted by atomic mass is 35.5. The van der Waals surface area contributed by atoms with Crippen molar-refractivity contribution in [3.63, 3.8) is 0 Å². The van der Waals surface area contributed by atoms with Gasteiger partial charge >= 0.3 is 0 Å². The molecule has 0 bridgehead atoms. The third-order valence-corrected chi connectivity index (χ3v) is 4.05. The number of nitrogens with zero attached hydrogens (tertiary/aromatic N) is 3. The molecule has 1 aromatic rings. The Kier molecular flexibility index (Phi) is 3.16. The predicted molar refractivity (Wildman–Crippen MR) is 68.4 cm³/mol. The van der Waals surface area contributed by atoms with Crippen LogP contribution in [0.2, 0.25) is 5.02 Å². The van der Waals surface area contributed by atoms with Gasteiger partial charge in [0.15, 0.2) is 5.82 Å². The maximum atomic E-state index is 6.19. The minimum atomic E-state index is 0.546. The fraction of sp³-hybridized carbons (Fsp3) is 0.667. The molecule has 3 heterocycles. The van der Waals surface area contributed by atoms with Crippen LogP contribution in [0.25, 0.3) is 0 Å². The maximum Gasteiger partial charge on any atom is 0.151 e. The number of hydrogen-bond donors (Lipinski definition) is 1. The van der Waals surface area contributed by atoms with Crippen molar-refractivity contribution in [3.8, 4) is 0 Å². The molecule has 0 aromatic carbocycles. The lowest BCUT2D eigenvalue weighted by molar-refractivity contribution is 0.481. The van der Waals surface area contributed by atoms with Crippen LogP contribution in [-0.4, -0.2) is 35.1 Å². The quantitative estimate of drug-likeness (QED) is 0.872. The lowest BCUT2D eigenvalue weighted by atomic mass is 10.0. The van der Waals surface area contributed by atoms with Crippen molar-refractivity contribution in [2.45, 2.75) is 37.8 Å². The second kappa shape index (κ2) is 4.78. The van der Waals surface area contributed by atoms with Gasteiger partial charge in [0.05, 0.1) is 6.20 Å². The van der Waals surface area contributed by atoms with E-state index in [1.807, 2.05) is 0 Å². The molecule has 3 rings (SSSR count). The highest BCUT2D eigenvalue weighted by Gasteiger charge is 2.34. The third-order valence-electron chi connectivity index (χ3n) is 3.78. The van der Waals surface area contributed by atoms with Crippen LogP contribution in [-0.2, 0) is 0 Å². The van der Waals surface area contributed by atoms with Crippen molar-refractivity contribution >= 4 is 17.4 Å². The minimum absolute atomic E-state index is 0.546. The van der Waals surface area contributed by atoms with E-state index in [-0.39, 0.29) is 0 Å². The van der Waals surface area contributed by atoms with Crippen LogP contribution in [0, 0.1) is 0 Å². The third kappa shape index (κ3) is 2.11. The Bertz CT molecular complexity index is 392. The van der Waals surface area contributed by atoms with Crippen molar-refractivity contribution in [2.24, 2.45) is 0 Å². The van der Waals surface area contributed by atoms with Crippen LogP contribution < -0.4 is 10.2 Å². The molecule has 0 saturated carbocycles. The van der Waals surface area contributed by atoms with Crippen molar-refractivity contribution < 1.29 is 0 Å². The van der Waals surface area contributed by atoms with Gasteiger partial charge < -0.3 is 10.2 Å². The van der Waals surface area contributed by atoms with E-state index < -0.39 is 0 Å². The standard InChI is InChI=1S/C12H17ClN4/c13-9-7-14-8-16-12(9)17-6-2-4-11(17)10-3-1-5-15-10/h7-8,10-11,15H,1-6H2. The zero-order valence-corrected chi connectivity index (χ0v) is 10.5. The number of hydrogen-bond acceptors (Lipinski definition) is 4. The molecule has 2 fully saturated rings. The number of aromatic nitrogens is 2. The molecule has 17 heavy (non-hydrogen) atoms. The monoisotopic (exact) mass is 252 g/mol. The van der Waals surface area contributed by atoms with E-state index >= 15 is 0 Å². The molecule has 0 amide bonds. The summed E-state index contributed by atoms with van der Waals surface area (Å²) in [6.07, 6.45) is 8.28. The molecule has 2 aliphatic heterocycles. The van der Waals surface area contributed by atoms with Gasteiger partial charge in [-0.1, -0.05) is 11.6 Å². The Morgan fingerprint density at radius 2 is 2.29 bits per heavy atom. The zero-order valence-electron chi connectivity index (χ0n) is 9.77. The van der Waals surface area contributed by atoms with E-state index in [4.69, 9.17) is 11.6 Å². The van der Waals surface area contributed by atoms with E-state index in [2.05, 4.69) is 20.2 Å². The van der Waals surface area contributed by atoms with E-state index in [1.165, 1.54) is 25.7 Å². The van der Waals surface area contributed by atoms with Gasteiger partial charge in [-0.2, -0.15) is 0 Å². The van der Waals surface area contributed by atoms with Crippen LogP contribution in [0.3, 0.4) is 0 Å². The highest BCUT2D eigenvalue weighted by Crippen LogP contribution is 2.32. The molecule has 1 N–H and O–H groups in total. The van der Waals surface area contributed by atoms with Gasteiger partial charge in [-0.3, -0.25) is 0 Å². The van der Waals surface area contributed by atoms with Crippen LogP contribution >= 0.6 is 11.6 Å². The Morgan fingerprint density at radius 1 is 1.35 bits per heavy atom. The molecule has 2 unspecified atom stereocenters. The Morgan fingerprint density at radius 3 is 3.06 bits per heavy atom. The summed E-state index contributed by atoms with van der Waals surface area (Å²) in [7, 11) is 0. The summed E-state index contributed by atoms with van der Waals surface area (Å²) in [6.45, 7) is 2.20. The molecule has 1 aromatic heterocycles. The number of anilines is 1. The first-order chi connectivity index (χ1) is 8.36. The van der Waals surface area contributed by atoms with Crippen LogP contribution in [0.15, 0.2) is 12.5 Å². The topological polar surface area (TPSA) is 41.1 Å². The molecular formula is C12H17ClN4. The van der Waals surface area contributed by atoms with Crippen molar-refractivity contribution in [2.75, 3.05) is 18.0 Å². The Hall–Kier alpha value is -0.870. The molecule has 0 radical (unpaired) electrons. The van der Waals surface area contributed by atoms with Crippen LogP contribution in [0.1, 0.15) is 25.7 Å². The van der Waals surface area contributed by atoms with Crippen LogP contribution in [0.4, 0.5) is 5.82 Å². The van der Waals surface area contributed by atoms with Gasteiger partial charge in [0.2, 0.25) is 0 Å². The summed E-state index contributed by atoms with van der Waals surface area (Å²) in [5, 5.41) is 4.25. The molecule has 4 nitrogen and oxygen atoms in total. The first-order valence-corrected chi connectivity index (χ1v) is 6.69. The Labute approximate surface area is 106 Å². The first-order valence-electron chi connectivity index (χ1n) is 6.32. The molecule has 5 heteroatoms.